The van der Waals surface area contributed by atoms with Crippen LogP contribution in [-0.2, 0) is 14.3 Å². The van der Waals surface area contributed by atoms with Crippen molar-refractivity contribution in [1.82, 2.24) is 9.97 Å². The Balaban J connectivity index is 1.70. The van der Waals surface area contributed by atoms with Crippen molar-refractivity contribution in [2.45, 2.75) is 39.5 Å². The SMILES string of the molecule is CCOC(=O)C1CCCN(c2nc3c(c(=O)[nH]2)C(c2ccc(N(CC)CC)cc2)C(C#N)C(=O)N3)C1. The van der Waals surface area contributed by atoms with Crippen molar-refractivity contribution >= 4 is 29.3 Å². The first-order chi connectivity index (χ1) is 17.4. The number of anilines is 3. The predicted molar refractivity (Wildman–Crippen MR) is 136 cm³/mol. The molecular weight excluding hydrogens is 460 g/mol. The first kappa shape index (κ1) is 25.2. The molecule has 2 aliphatic heterocycles. The summed E-state index contributed by atoms with van der Waals surface area (Å²) in [6.45, 7) is 8.92. The summed E-state index contributed by atoms with van der Waals surface area (Å²) >= 11 is 0. The fourth-order valence-corrected chi connectivity index (χ4v) is 5.11. The number of carbonyl (C=O) groups excluding carboxylic acids is 2. The number of aromatic amines is 1. The van der Waals surface area contributed by atoms with Crippen LogP contribution in [0, 0.1) is 23.2 Å². The maximum absolute atomic E-state index is 13.4. The van der Waals surface area contributed by atoms with Gasteiger partial charge in [0.15, 0.2) is 0 Å². The minimum Gasteiger partial charge on any atom is -0.466 e. The number of nitrogens with zero attached hydrogens (tertiary/aromatic N) is 4. The van der Waals surface area contributed by atoms with Crippen LogP contribution < -0.4 is 20.7 Å². The third-order valence-electron chi connectivity index (χ3n) is 6.97. The topological polar surface area (TPSA) is 131 Å². The molecule has 4 rings (SSSR count). The van der Waals surface area contributed by atoms with E-state index in [4.69, 9.17) is 4.74 Å². The molecule has 36 heavy (non-hydrogen) atoms. The number of ether oxygens (including phenoxy) is 1. The number of benzene rings is 1. The Kier molecular flexibility index (Phi) is 7.58. The fraction of sp³-hybridized carbons (Fsp3) is 0.500. The first-order valence-electron chi connectivity index (χ1n) is 12.5. The Hall–Kier alpha value is -3.87. The molecule has 0 radical (unpaired) electrons. The zero-order valence-corrected chi connectivity index (χ0v) is 20.9. The van der Waals surface area contributed by atoms with Gasteiger partial charge in [-0.15, -0.1) is 0 Å². The second-order valence-corrected chi connectivity index (χ2v) is 9.03. The van der Waals surface area contributed by atoms with Gasteiger partial charge in [-0.3, -0.25) is 19.4 Å². The van der Waals surface area contributed by atoms with Crippen LogP contribution in [-0.4, -0.2) is 54.6 Å². The molecule has 1 saturated heterocycles. The zero-order valence-electron chi connectivity index (χ0n) is 20.9. The summed E-state index contributed by atoms with van der Waals surface area (Å²) in [7, 11) is 0. The standard InChI is InChI=1S/C26H32N6O4/c1-4-31(5-2)18-11-9-16(10-12-18)20-19(14-27)23(33)28-22-21(20)24(34)30-26(29-22)32-13-7-8-17(15-32)25(35)36-6-3/h9-12,17,19-20H,4-8,13,15H2,1-3H3,(H2,28,29,30,33,34). The van der Waals surface area contributed by atoms with E-state index in [1.807, 2.05) is 29.2 Å². The highest BCUT2D eigenvalue weighted by Crippen LogP contribution is 2.39. The fourth-order valence-electron chi connectivity index (χ4n) is 5.11. The number of carbonyl (C=O) groups is 2. The van der Waals surface area contributed by atoms with E-state index in [1.54, 1.807) is 6.92 Å². The zero-order chi connectivity index (χ0) is 25.8. The van der Waals surface area contributed by atoms with Crippen LogP contribution in [0.15, 0.2) is 29.1 Å². The number of H-pyrrole nitrogens is 1. The number of piperidine rings is 1. The molecule has 1 aromatic heterocycles. The quantitative estimate of drug-likeness (QED) is 0.564. The van der Waals surface area contributed by atoms with Gasteiger partial charge in [-0.05, 0) is 51.3 Å². The van der Waals surface area contributed by atoms with Gasteiger partial charge in [-0.2, -0.15) is 10.2 Å². The Morgan fingerprint density at radius 1 is 1.22 bits per heavy atom. The second kappa shape index (κ2) is 10.8. The van der Waals surface area contributed by atoms with E-state index >= 15 is 0 Å². The Morgan fingerprint density at radius 2 is 1.94 bits per heavy atom. The lowest BCUT2D eigenvalue weighted by Gasteiger charge is -2.33. The molecule has 0 saturated carbocycles. The van der Waals surface area contributed by atoms with E-state index in [1.165, 1.54) is 0 Å². The van der Waals surface area contributed by atoms with Crippen LogP contribution >= 0.6 is 0 Å². The third-order valence-corrected chi connectivity index (χ3v) is 6.97. The summed E-state index contributed by atoms with van der Waals surface area (Å²) in [5, 5.41) is 12.5. The van der Waals surface area contributed by atoms with Crippen LogP contribution in [0.2, 0.25) is 0 Å². The van der Waals surface area contributed by atoms with Gasteiger partial charge in [-0.25, -0.2) is 0 Å². The number of fused-ring (bicyclic) bond motifs is 1. The highest BCUT2D eigenvalue weighted by molar-refractivity contribution is 5.98. The predicted octanol–water partition coefficient (Wildman–Crippen LogP) is 2.62. The molecule has 10 heteroatoms. The highest BCUT2D eigenvalue weighted by Gasteiger charge is 2.40. The van der Waals surface area contributed by atoms with Crippen LogP contribution in [0.4, 0.5) is 17.5 Å². The normalized spacial score (nSPS) is 21.2. The smallest absolute Gasteiger partial charge is 0.310 e. The monoisotopic (exact) mass is 492 g/mol. The summed E-state index contributed by atoms with van der Waals surface area (Å²) in [6, 6.07) is 9.70. The minimum atomic E-state index is -1.06. The second-order valence-electron chi connectivity index (χ2n) is 9.03. The number of aromatic nitrogens is 2. The van der Waals surface area contributed by atoms with Crippen molar-refractivity contribution in [1.29, 1.82) is 5.26 Å². The molecule has 0 bridgehead atoms. The summed E-state index contributed by atoms with van der Waals surface area (Å²) in [6.07, 6.45) is 1.45. The number of nitrogens with one attached hydrogen (secondary N) is 2. The van der Waals surface area contributed by atoms with Gasteiger partial charge < -0.3 is 19.9 Å². The maximum Gasteiger partial charge on any atom is 0.310 e. The Bertz CT molecular complexity index is 1210. The van der Waals surface area contributed by atoms with E-state index in [-0.39, 0.29) is 23.3 Å². The molecule has 2 aromatic rings. The van der Waals surface area contributed by atoms with Crippen molar-refractivity contribution in [3.63, 3.8) is 0 Å². The van der Waals surface area contributed by atoms with Gasteiger partial charge in [0.05, 0.1) is 24.2 Å². The summed E-state index contributed by atoms with van der Waals surface area (Å²) in [5.74, 6) is -2.43. The highest BCUT2D eigenvalue weighted by atomic mass is 16.5. The third kappa shape index (κ3) is 4.78. The molecule has 2 N–H and O–H groups in total. The average Bonchev–Trinajstić information content (AvgIpc) is 2.89. The van der Waals surface area contributed by atoms with E-state index in [9.17, 15) is 19.6 Å². The number of esters is 1. The molecule has 10 nitrogen and oxygen atoms in total. The van der Waals surface area contributed by atoms with Crippen LogP contribution in [0.3, 0.4) is 0 Å². The van der Waals surface area contributed by atoms with Crippen LogP contribution in [0.5, 0.6) is 0 Å². The van der Waals surface area contributed by atoms with Crippen LogP contribution in [0.25, 0.3) is 0 Å². The minimum absolute atomic E-state index is 0.154. The summed E-state index contributed by atoms with van der Waals surface area (Å²) in [5.41, 5.74) is 1.58. The molecule has 0 spiro atoms. The van der Waals surface area contributed by atoms with E-state index in [0.717, 1.165) is 25.2 Å². The van der Waals surface area contributed by atoms with Crippen molar-refractivity contribution in [2.24, 2.45) is 11.8 Å². The summed E-state index contributed by atoms with van der Waals surface area (Å²) in [4.78, 5) is 50.0. The number of hydrogen-bond acceptors (Lipinski definition) is 8. The lowest BCUT2D eigenvalue weighted by atomic mass is 9.79. The van der Waals surface area contributed by atoms with Crippen molar-refractivity contribution in [2.75, 3.05) is 47.9 Å². The van der Waals surface area contributed by atoms with Crippen molar-refractivity contribution in [3.8, 4) is 6.07 Å². The van der Waals surface area contributed by atoms with Gasteiger partial charge in [0.2, 0.25) is 11.9 Å². The Labute approximate surface area is 210 Å². The number of nitriles is 1. The van der Waals surface area contributed by atoms with Gasteiger partial charge in [0, 0.05) is 37.8 Å². The average molecular weight is 493 g/mol. The molecule has 3 unspecified atom stereocenters. The molecular formula is C26H32N6O4. The van der Waals surface area contributed by atoms with E-state index < -0.39 is 23.3 Å². The van der Waals surface area contributed by atoms with Crippen molar-refractivity contribution < 1.29 is 14.3 Å². The molecule has 3 atom stereocenters. The number of rotatable bonds is 7. The van der Waals surface area contributed by atoms with Gasteiger partial charge >= 0.3 is 5.97 Å². The van der Waals surface area contributed by atoms with E-state index in [0.29, 0.717) is 37.6 Å². The molecule has 0 aliphatic carbocycles. The molecule has 3 heterocycles. The molecule has 190 valence electrons. The van der Waals surface area contributed by atoms with E-state index in [2.05, 4.69) is 40.1 Å². The maximum atomic E-state index is 13.4. The van der Waals surface area contributed by atoms with Gasteiger partial charge in [-0.1, -0.05) is 12.1 Å². The number of hydrogen-bond donors (Lipinski definition) is 2. The molecule has 1 amide bonds. The van der Waals surface area contributed by atoms with Crippen LogP contribution in [0.1, 0.15) is 50.7 Å². The summed E-state index contributed by atoms with van der Waals surface area (Å²) < 4.78 is 5.17. The molecule has 1 aromatic carbocycles. The van der Waals surface area contributed by atoms with Gasteiger partial charge in [0.25, 0.3) is 5.56 Å². The lowest BCUT2D eigenvalue weighted by molar-refractivity contribution is -0.148. The number of amides is 1. The van der Waals surface area contributed by atoms with Gasteiger partial charge in [0.1, 0.15) is 11.7 Å². The Morgan fingerprint density at radius 3 is 2.58 bits per heavy atom. The lowest BCUT2D eigenvalue weighted by Crippen LogP contribution is -2.43. The largest absolute Gasteiger partial charge is 0.466 e. The first-order valence-corrected chi connectivity index (χ1v) is 12.5. The van der Waals surface area contributed by atoms with Crippen molar-refractivity contribution in [3.05, 3.63) is 45.7 Å². The molecule has 1 fully saturated rings. The molecule has 2 aliphatic rings.